The maximum Gasteiger partial charge on any atom is 0.0480 e. The molecular formula is C10H20N2O. The van der Waals surface area contributed by atoms with Gasteiger partial charge in [0, 0.05) is 38.3 Å². The average Bonchev–Trinajstić information content (AvgIpc) is 1.92. The maximum absolute atomic E-state index is 9.01. The summed E-state index contributed by atoms with van der Waals surface area (Å²) in [5.41, 5.74) is 0.794. The van der Waals surface area contributed by atoms with Crippen LogP contribution < -0.4 is 5.32 Å². The molecule has 0 atom stereocenters. The van der Waals surface area contributed by atoms with E-state index in [0.29, 0.717) is 17.6 Å². The molecule has 76 valence electrons. The van der Waals surface area contributed by atoms with Crippen LogP contribution in [-0.2, 0) is 0 Å². The molecule has 0 aromatic heterocycles. The molecule has 2 fully saturated rings. The Labute approximate surface area is 80.1 Å². The lowest BCUT2D eigenvalue weighted by atomic mass is 9.76. The molecule has 2 heterocycles. The van der Waals surface area contributed by atoms with Gasteiger partial charge < -0.3 is 10.4 Å². The lowest BCUT2D eigenvalue weighted by Gasteiger charge is -2.60. The molecule has 0 saturated carbocycles. The number of nitrogens with one attached hydrogen (secondary N) is 1. The topological polar surface area (TPSA) is 35.5 Å². The van der Waals surface area contributed by atoms with Gasteiger partial charge in [-0.15, -0.1) is 0 Å². The summed E-state index contributed by atoms with van der Waals surface area (Å²) >= 11 is 0. The van der Waals surface area contributed by atoms with Crippen LogP contribution in [0, 0.1) is 5.41 Å². The van der Waals surface area contributed by atoms with Crippen LogP contribution in [0.1, 0.15) is 20.3 Å². The van der Waals surface area contributed by atoms with Crippen molar-refractivity contribution in [3.05, 3.63) is 0 Å². The maximum atomic E-state index is 9.01. The number of rotatable bonds is 3. The molecule has 0 amide bonds. The molecule has 0 bridgehead atoms. The van der Waals surface area contributed by atoms with Crippen LogP contribution in [0.15, 0.2) is 0 Å². The van der Waals surface area contributed by atoms with Crippen molar-refractivity contribution in [1.29, 1.82) is 0 Å². The lowest BCUT2D eigenvalue weighted by Crippen LogP contribution is -2.75. The molecule has 2 saturated heterocycles. The Morgan fingerprint density at radius 2 is 1.92 bits per heavy atom. The molecular weight excluding hydrogens is 164 g/mol. The predicted octanol–water partition coefficient (Wildman–Crippen LogP) is 0.0526. The first kappa shape index (κ1) is 9.44. The van der Waals surface area contributed by atoms with E-state index in [1.807, 2.05) is 0 Å². The molecule has 0 aromatic carbocycles. The average molecular weight is 184 g/mol. The highest BCUT2D eigenvalue weighted by Crippen LogP contribution is 2.38. The lowest BCUT2D eigenvalue weighted by molar-refractivity contribution is -0.0921. The van der Waals surface area contributed by atoms with Gasteiger partial charge in [-0.1, -0.05) is 13.8 Å². The van der Waals surface area contributed by atoms with Crippen LogP contribution in [0.25, 0.3) is 0 Å². The van der Waals surface area contributed by atoms with Crippen molar-refractivity contribution in [1.82, 2.24) is 10.2 Å². The molecule has 3 heteroatoms. The number of nitrogens with zero attached hydrogens (tertiary/aromatic N) is 1. The molecule has 0 spiro atoms. The fourth-order valence-electron chi connectivity index (χ4n) is 2.50. The normalized spacial score (nSPS) is 30.7. The van der Waals surface area contributed by atoms with E-state index in [2.05, 4.69) is 24.1 Å². The van der Waals surface area contributed by atoms with Gasteiger partial charge in [0.2, 0.25) is 0 Å². The molecule has 2 aliphatic rings. The van der Waals surface area contributed by atoms with E-state index in [0.717, 1.165) is 19.5 Å². The van der Waals surface area contributed by atoms with Crippen LogP contribution in [0.4, 0.5) is 0 Å². The first-order chi connectivity index (χ1) is 6.08. The van der Waals surface area contributed by atoms with Crippen LogP contribution in [0.3, 0.4) is 0 Å². The van der Waals surface area contributed by atoms with Gasteiger partial charge in [0.05, 0.1) is 0 Å². The minimum absolute atomic E-state index is 0.296. The first-order valence-electron chi connectivity index (χ1n) is 5.15. The van der Waals surface area contributed by atoms with Crippen LogP contribution in [0.2, 0.25) is 0 Å². The van der Waals surface area contributed by atoms with Gasteiger partial charge in [-0.2, -0.15) is 0 Å². The van der Waals surface area contributed by atoms with E-state index in [4.69, 9.17) is 5.11 Å². The van der Waals surface area contributed by atoms with Crippen molar-refractivity contribution in [2.75, 3.05) is 32.8 Å². The van der Waals surface area contributed by atoms with Gasteiger partial charge >= 0.3 is 0 Å². The number of aliphatic hydroxyl groups excluding tert-OH is 1. The summed E-state index contributed by atoms with van der Waals surface area (Å²) in [4.78, 5) is 2.53. The van der Waals surface area contributed by atoms with E-state index in [1.54, 1.807) is 0 Å². The van der Waals surface area contributed by atoms with Crippen LogP contribution in [0.5, 0.6) is 0 Å². The smallest absolute Gasteiger partial charge is 0.0480 e. The van der Waals surface area contributed by atoms with Crippen LogP contribution in [-0.4, -0.2) is 48.3 Å². The summed E-state index contributed by atoms with van der Waals surface area (Å²) in [6.07, 6.45) is 0.927. The summed E-state index contributed by atoms with van der Waals surface area (Å²) in [5, 5.41) is 12.3. The van der Waals surface area contributed by atoms with E-state index in [1.165, 1.54) is 13.1 Å². The second-order valence-corrected chi connectivity index (χ2v) is 5.32. The number of likely N-dealkylation sites (tertiary alicyclic amines) is 1. The third-order valence-electron chi connectivity index (χ3n) is 3.39. The summed E-state index contributed by atoms with van der Waals surface area (Å²) in [7, 11) is 0. The standard InChI is InChI=1S/C10H20N2O/c1-9(2)7-12(8-9)10(3-4-13)5-11-6-10/h11,13H,3-8H2,1-2H3. The largest absolute Gasteiger partial charge is 0.396 e. The van der Waals surface area contributed by atoms with Gasteiger partial charge in [0.15, 0.2) is 0 Å². The van der Waals surface area contributed by atoms with Crippen LogP contribution >= 0.6 is 0 Å². The van der Waals surface area contributed by atoms with Gasteiger partial charge in [0.25, 0.3) is 0 Å². The highest BCUT2D eigenvalue weighted by molar-refractivity contribution is 5.07. The highest BCUT2D eigenvalue weighted by atomic mass is 16.3. The fraction of sp³-hybridized carbons (Fsp3) is 1.00. The molecule has 0 aliphatic carbocycles. The first-order valence-corrected chi connectivity index (χ1v) is 5.15. The van der Waals surface area contributed by atoms with Gasteiger partial charge in [0.1, 0.15) is 0 Å². The summed E-state index contributed by atoms with van der Waals surface area (Å²) in [6, 6.07) is 0. The number of hydrogen-bond donors (Lipinski definition) is 2. The second-order valence-electron chi connectivity index (χ2n) is 5.32. The monoisotopic (exact) mass is 184 g/mol. The molecule has 2 rings (SSSR count). The Bertz CT molecular complexity index is 191. The van der Waals surface area contributed by atoms with E-state index >= 15 is 0 Å². The van der Waals surface area contributed by atoms with E-state index in [9.17, 15) is 0 Å². The van der Waals surface area contributed by atoms with Crippen molar-refractivity contribution < 1.29 is 5.11 Å². The highest BCUT2D eigenvalue weighted by Gasteiger charge is 2.49. The zero-order chi connectivity index (χ0) is 9.53. The molecule has 0 unspecified atom stereocenters. The Kier molecular flexibility index (Phi) is 2.13. The SMILES string of the molecule is CC1(C)CN(C2(CCO)CNC2)C1. The Morgan fingerprint density at radius 1 is 1.31 bits per heavy atom. The van der Waals surface area contributed by atoms with Gasteiger partial charge in [-0.05, 0) is 11.8 Å². The third kappa shape index (κ3) is 1.49. The van der Waals surface area contributed by atoms with E-state index in [-0.39, 0.29) is 0 Å². The minimum atomic E-state index is 0.296. The minimum Gasteiger partial charge on any atom is -0.396 e. The van der Waals surface area contributed by atoms with Crippen molar-refractivity contribution >= 4 is 0 Å². The molecule has 0 aromatic rings. The quantitative estimate of drug-likeness (QED) is 0.651. The predicted molar refractivity (Wildman–Crippen MR) is 52.7 cm³/mol. The summed E-state index contributed by atoms with van der Waals surface area (Å²) < 4.78 is 0. The number of aliphatic hydroxyl groups is 1. The second kappa shape index (κ2) is 2.94. The van der Waals surface area contributed by atoms with Gasteiger partial charge in [-0.3, -0.25) is 4.90 Å². The molecule has 2 aliphatic heterocycles. The third-order valence-corrected chi connectivity index (χ3v) is 3.39. The summed E-state index contributed by atoms with van der Waals surface area (Å²) in [5.74, 6) is 0. The van der Waals surface area contributed by atoms with Crippen molar-refractivity contribution in [3.8, 4) is 0 Å². The Morgan fingerprint density at radius 3 is 2.23 bits per heavy atom. The molecule has 13 heavy (non-hydrogen) atoms. The van der Waals surface area contributed by atoms with Crippen molar-refractivity contribution in [2.24, 2.45) is 5.41 Å². The van der Waals surface area contributed by atoms with E-state index < -0.39 is 0 Å². The number of hydrogen-bond acceptors (Lipinski definition) is 3. The Balaban J connectivity index is 1.92. The molecule has 3 nitrogen and oxygen atoms in total. The van der Waals surface area contributed by atoms with Crippen molar-refractivity contribution in [3.63, 3.8) is 0 Å². The summed E-state index contributed by atoms with van der Waals surface area (Å²) in [6.45, 7) is 9.43. The fourth-order valence-corrected chi connectivity index (χ4v) is 2.50. The zero-order valence-corrected chi connectivity index (χ0v) is 8.64. The molecule has 2 N–H and O–H groups in total. The molecule has 0 radical (unpaired) electrons. The zero-order valence-electron chi connectivity index (χ0n) is 8.64. The van der Waals surface area contributed by atoms with Crippen molar-refractivity contribution in [2.45, 2.75) is 25.8 Å². The Hall–Kier alpha value is -0.120. The van der Waals surface area contributed by atoms with Gasteiger partial charge in [-0.25, -0.2) is 0 Å².